The monoisotopic (exact) mass is 207 g/mol. The van der Waals surface area contributed by atoms with Crippen molar-refractivity contribution in [1.29, 1.82) is 0 Å². The molecule has 3 nitrogen and oxygen atoms in total. The van der Waals surface area contributed by atoms with Gasteiger partial charge in [-0.25, -0.2) is 9.67 Å². The molecule has 0 amide bonds. The maximum absolute atomic E-state index is 6.08. The Balaban J connectivity index is 2.46. The van der Waals surface area contributed by atoms with E-state index in [1.165, 1.54) is 0 Å². The second kappa shape index (κ2) is 3.80. The van der Waals surface area contributed by atoms with Crippen molar-refractivity contribution in [2.75, 3.05) is 0 Å². The molecule has 0 aliphatic heterocycles. The first kappa shape index (κ1) is 9.21. The fraction of sp³-hybridized carbons (Fsp3) is 0.200. The molecule has 2 rings (SSSR count). The van der Waals surface area contributed by atoms with E-state index in [2.05, 4.69) is 17.0 Å². The van der Waals surface area contributed by atoms with Crippen LogP contribution in [0.2, 0.25) is 5.02 Å². The van der Waals surface area contributed by atoms with Gasteiger partial charge in [0.25, 0.3) is 0 Å². The molecule has 0 fully saturated rings. The fourth-order valence-corrected chi connectivity index (χ4v) is 1.50. The van der Waals surface area contributed by atoms with Gasteiger partial charge in [-0.05, 0) is 24.1 Å². The number of rotatable bonds is 2. The molecule has 72 valence electrons. The van der Waals surface area contributed by atoms with Crippen molar-refractivity contribution in [3.05, 3.63) is 41.3 Å². The standard InChI is InChI=1S/C10H10ClN3/c1-2-8-6-9(11)10(12-7-8)14-5-3-4-13-14/h3-7H,2H2,1H3. The molecule has 0 saturated heterocycles. The van der Waals surface area contributed by atoms with Crippen LogP contribution in [0.4, 0.5) is 0 Å². The summed E-state index contributed by atoms with van der Waals surface area (Å²) in [4.78, 5) is 4.26. The molecule has 0 N–H and O–H groups in total. The number of nitrogens with zero attached hydrogens (tertiary/aromatic N) is 3. The highest BCUT2D eigenvalue weighted by Crippen LogP contribution is 2.18. The minimum atomic E-state index is 0.632. The molecule has 4 heteroatoms. The minimum absolute atomic E-state index is 0.632. The third-order valence-electron chi connectivity index (χ3n) is 2.01. The van der Waals surface area contributed by atoms with E-state index in [-0.39, 0.29) is 0 Å². The lowest BCUT2D eigenvalue weighted by Gasteiger charge is -2.04. The molecule has 2 aromatic rings. The first-order chi connectivity index (χ1) is 6.81. The van der Waals surface area contributed by atoms with Crippen LogP contribution in [0.25, 0.3) is 5.82 Å². The molecule has 2 aromatic heterocycles. The lowest BCUT2D eigenvalue weighted by atomic mass is 10.2. The van der Waals surface area contributed by atoms with Gasteiger partial charge in [0.2, 0.25) is 0 Å². The minimum Gasteiger partial charge on any atom is -0.236 e. The van der Waals surface area contributed by atoms with Crippen LogP contribution in [0.15, 0.2) is 30.7 Å². The summed E-state index contributed by atoms with van der Waals surface area (Å²) >= 11 is 6.08. The summed E-state index contributed by atoms with van der Waals surface area (Å²) in [5, 5.41) is 4.70. The first-order valence-corrected chi connectivity index (χ1v) is 4.83. The Kier molecular flexibility index (Phi) is 2.50. The summed E-state index contributed by atoms with van der Waals surface area (Å²) < 4.78 is 1.65. The molecule has 14 heavy (non-hydrogen) atoms. The normalized spacial score (nSPS) is 10.4. The Morgan fingerprint density at radius 1 is 1.50 bits per heavy atom. The summed E-state index contributed by atoms with van der Waals surface area (Å²) in [6.07, 6.45) is 6.28. The van der Waals surface area contributed by atoms with E-state index in [0.717, 1.165) is 12.0 Å². The Hall–Kier alpha value is -1.35. The molecule has 0 aliphatic carbocycles. The maximum Gasteiger partial charge on any atom is 0.172 e. The van der Waals surface area contributed by atoms with Gasteiger partial charge < -0.3 is 0 Å². The summed E-state index contributed by atoms with van der Waals surface area (Å²) in [6, 6.07) is 3.76. The van der Waals surface area contributed by atoms with Crippen molar-refractivity contribution >= 4 is 11.6 Å². The Bertz CT molecular complexity index is 423. The average Bonchev–Trinajstić information content (AvgIpc) is 2.70. The maximum atomic E-state index is 6.08. The number of aryl methyl sites for hydroxylation is 1. The Labute approximate surface area is 87.3 Å². The van der Waals surface area contributed by atoms with Gasteiger partial charge in [-0.15, -0.1) is 0 Å². The largest absolute Gasteiger partial charge is 0.236 e. The third-order valence-corrected chi connectivity index (χ3v) is 2.29. The van der Waals surface area contributed by atoms with Crippen LogP contribution in [0.5, 0.6) is 0 Å². The topological polar surface area (TPSA) is 30.7 Å². The lowest BCUT2D eigenvalue weighted by molar-refractivity contribution is 0.843. The zero-order chi connectivity index (χ0) is 9.97. The van der Waals surface area contributed by atoms with Crippen LogP contribution in [-0.4, -0.2) is 14.8 Å². The highest BCUT2D eigenvalue weighted by atomic mass is 35.5. The van der Waals surface area contributed by atoms with Crippen LogP contribution in [-0.2, 0) is 6.42 Å². The SMILES string of the molecule is CCc1cnc(-n2cccn2)c(Cl)c1. The van der Waals surface area contributed by atoms with Gasteiger partial charge in [0.15, 0.2) is 5.82 Å². The zero-order valence-electron chi connectivity index (χ0n) is 7.81. The number of pyridine rings is 1. The van der Waals surface area contributed by atoms with E-state index >= 15 is 0 Å². The van der Waals surface area contributed by atoms with Crippen molar-refractivity contribution in [1.82, 2.24) is 14.8 Å². The number of hydrogen-bond acceptors (Lipinski definition) is 2. The first-order valence-electron chi connectivity index (χ1n) is 4.45. The van der Waals surface area contributed by atoms with Gasteiger partial charge >= 0.3 is 0 Å². The van der Waals surface area contributed by atoms with Gasteiger partial charge in [0.05, 0.1) is 5.02 Å². The molecular weight excluding hydrogens is 198 g/mol. The second-order valence-electron chi connectivity index (χ2n) is 2.95. The van der Waals surface area contributed by atoms with Crippen molar-refractivity contribution in [3.63, 3.8) is 0 Å². The summed E-state index contributed by atoms with van der Waals surface area (Å²) in [6.45, 7) is 2.07. The smallest absolute Gasteiger partial charge is 0.172 e. The zero-order valence-corrected chi connectivity index (χ0v) is 8.57. The van der Waals surface area contributed by atoms with Crippen molar-refractivity contribution < 1.29 is 0 Å². The summed E-state index contributed by atoms with van der Waals surface area (Å²) in [5.41, 5.74) is 1.13. The van der Waals surface area contributed by atoms with E-state index in [1.807, 2.05) is 24.5 Å². The van der Waals surface area contributed by atoms with Crippen LogP contribution in [0.1, 0.15) is 12.5 Å². The van der Waals surface area contributed by atoms with E-state index in [1.54, 1.807) is 10.9 Å². The van der Waals surface area contributed by atoms with Crippen LogP contribution >= 0.6 is 11.6 Å². The van der Waals surface area contributed by atoms with E-state index in [9.17, 15) is 0 Å². The van der Waals surface area contributed by atoms with Crippen molar-refractivity contribution in [2.24, 2.45) is 0 Å². The van der Waals surface area contributed by atoms with Gasteiger partial charge in [-0.2, -0.15) is 5.10 Å². The molecule has 0 aliphatic rings. The fourth-order valence-electron chi connectivity index (χ4n) is 1.23. The average molecular weight is 208 g/mol. The molecule has 0 radical (unpaired) electrons. The lowest BCUT2D eigenvalue weighted by Crippen LogP contribution is -1.99. The molecule has 0 unspecified atom stereocenters. The van der Waals surface area contributed by atoms with Gasteiger partial charge in [-0.1, -0.05) is 18.5 Å². The third kappa shape index (κ3) is 1.63. The van der Waals surface area contributed by atoms with Gasteiger partial charge in [0, 0.05) is 18.6 Å². The number of hydrogen-bond donors (Lipinski definition) is 0. The second-order valence-corrected chi connectivity index (χ2v) is 3.36. The quantitative estimate of drug-likeness (QED) is 0.758. The predicted octanol–water partition coefficient (Wildman–Crippen LogP) is 2.48. The van der Waals surface area contributed by atoms with E-state index in [0.29, 0.717) is 10.8 Å². The molecular formula is C10H10ClN3. The highest BCUT2D eigenvalue weighted by molar-refractivity contribution is 6.32. The highest BCUT2D eigenvalue weighted by Gasteiger charge is 2.04. The molecule has 0 bridgehead atoms. The molecule has 0 aromatic carbocycles. The molecule has 2 heterocycles. The number of halogens is 1. The van der Waals surface area contributed by atoms with Crippen LogP contribution < -0.4 is 0 Å². The molecule has 0 saturated carbocycles. The van der Waals surface area contributed by atoms with E-state index < -0.39 is 0 Å². The summed E-state index contributed by atoms with van der Waals surface area (Å²) in [5.74, 6) is 0.675. The van der Waals surface area contributed by atoms with Crippen molar-refractivity contribution in [3.8, 4) is 5.82 Å². The predicted molar refractivity (Wildman–Crippen MR) is 55.7 cm³/mol. The Morgan fingerprint density at radius 2 is 2.36 bits per heavy atom. The van der Waals surface area contributed by atoms with Gasteiger partial charge in [-0.3, -0.25) is 0 Å². The van der Waals surface area contributed by atoms with Gasteiger partial charge in [0.1, 0.15) is 0 Å². The molecule has 0 spiro atoms. The summed E-state index contributed by atoms with van der Waals surface area (Å²) in [7, 11) is 0. The Morgan fingerprint density at radius 3 is 2.93 bits per heavy atom. The molecule has 0 atom stereocenters. The number of aromatic nitrogens is 3. The van der Waals surface area contributed by atoms with Crippen molar-refractivity contribution in [2.45, 2.75) is 13.3 Å². The van der Waals surface area contributed by atoms with Crippen LogP contribution in [0.3, 0.4) is 0 Å². The van der Waals surface area contributed by atoms with Crippen LogP contribution in [0, 0.1) is 0 Å². The van der Waals surface area contributed by atoms with E-state index in [4.69, 9.17) is 11.6 Å².